The topological polar surface area (TPSA) is 30.3 Å². The molecule has 3 rings (SSSR count). The average molecular weight is 269 g/mol. The van der Waals surface area contributed by atoms with Crippen molar-refractivity contribution in [3.8, 4) is 0 Å². The maximum atomic E-state index is 13.3. The fourth-order valence-electron chi connectivity index (χ4n) is 2.46. The summed E-state index contributed by atoms with van der Waals surface area (Å²) in [6.07, 6.45) is 0. The summed E-state index contributed by atoms with van der Waals surface area (Å²) in [4.78, 5) is 3.92. The number of amidine groups is 1. The van der Waals surface area contributed by atoms with Gasteiger partial charge >= 0.3 is 0 Å². The van der Waals surface area contributed by atoms with E-state index in [-0.39, 0.29) is 5.82 Å². The molecule has 0 saturated carbocycles. The van der Waals surface area contributed by atoms with E-state index in [1.165, 1.54) is 12.1 Å². The highest BCUT2D eigenvalue weighted by molar-refractivity contribution is 6.11. The Kier molecular flexibility index (Phi) is 2.93. The van der Waals surface area contributed by atoms with Crippen molar-refractivity contribution in [2.75, 3.05) is 23.9 Å². The second kappa shape index (κ2) is 4.63. The van der Waals surface area contributed by atoms with Gasteiger partial charge in [-0.3, -0.25) is 5.41 Å². The largest absolute Gasteiger partial charge is 0.378 e. The zero-order chi connectivity index (χ0) is 14.3. The highest BCUT2D eigenvalue weighted by Crippen LogP contribution is 2.30. The molecule has 1 aliphatic rings. The maximum absolute atomic E-state index is 13.3. The summed E-state index contributed by atoms with van der Waals surface area (Å²) in [5.74, 6) is 0.0628. The third kappa shape index (κ3) is 2.03. The van der Waals surface area contributed by atoms with Crippen LogP contribution in [0.15, 0.2) is 42.5 Å². The van der Waals surface area contributed by atoms with Crippen molar-refractivity contribution in [1.29, 1.82) is 5.41 Å². The minimum absolute atomic E-state index is 0.294. The Balaban J connectivity index is 1.98. The molecule has 1 N–H and O–H groups in total. The number of rotatable bonds is 2. The van der Waals surface area contributed by atoms with Crippen LogP contribution in [-0.2, 0) is 6.54 Å². The van der Waals surface area contributed by atoms with Crippen LogP contribution < -0.4 is 9.80 Å². The molecule has 4 heteroatoms. The van der Waals surface area contributed by atoms with E-state index in [1.54, 1.807) is 6.07 Å². The molecule has 2 aromatic rings. The second-order valence-electron chi connectivity index (χ2n) is 5.15. The first kappa shape index (κ1) is 12.7. The summed E-state index contributed by atoms with van der Waals surface area (Å²) in [6, 6.07) is 12.7. The first-order valence-corrected chi connectivity index (χ1v) is 6.48. The van der Waals surface area contributed by atoms with Crippen molar-refractivity contribution in [2.24, 2.45) is 0 Å². The van der Waals surface area contributed by atoms with Gasteiger partial charge in [0.25, 0.3) is 0 Å². The highest BCUT2D eigenvalue weighted by atomic mass is 19.1. The lowest BCUT2D eigenvalue weighted by Gasteiger charge is -2.21. The number of nitrogens with zero attached hydrogens (tertiary/aromatic N) is 2. The van der Waals surface area contributed by atoms with Gasteiger partial charge in [-0.2, -0.15) is 0 Å². The molecule has 0 atom stereocenters. The fraction of sp³-hybridized carbons (Fsp3) is 0.188. The van der Waals surface area contributed by atoms with Crippen molar-refractivity contribution >= 4 is 17.2 Å². The molecule has 0 saturated heterocycles. The standard InChI is InChI=1S/C16H16FN3/c1-19(2)13-4-3-5-14(9-13)20-10-11-6-7-12(17)8-15(11)16(20)18/h3-9,18H,10H2,1-2H3. The Morgan fingerprint density at radius 3 is 2.70 bits per heavy atom. The lowest BCUT2D eigenvalue weighted by Crippen LogP contribution is -2.23. The van der Waals surface area contributed by atoms with Crippen LogP contribution in [0.4, 0.5) is 15.8 Å². The molecule has 0 amide bonds. The third-order valence-electron chi connectivity index (χ3n) is 3.58. The zero-order valence-corrected chi connectivity index (χ0v) is 11.5. The lowest BCUT2D eigenvalue weighted by molar-refractivity contribution is 0.627. The van der Waals surface area contributed by atoms with Gasteiger partial charge in [-0.15, -0.1) is 0 Å². The van der Waals surface area contributed by atoms with Crippen LogP contribution in [0.1, 0.15) is 11.1 Å². The normalized spacial score (nSPS) is 13.6. The van der Waals surface area contributed by atoms with E-state index in [4.69, 9.17) is 5.41 Å². The lowest BCUT2D eigenvalue weighted by atomic mass is 10.1. The van der Waals surface area contributed by atoms with Crippen molar-refractivity contribution in [3.05, 3.63) is 59.4 Å². The maximum Gasteiger partial charge on any atom is 0.133 e. The van der Waals surface area contributed by atoms with Gasteiger partial charge < -0.3 is 9.80 Å². The van der Waals surface area contributed by atoms with Crippen LogP contribution in [-0.4, -0.2) is 19.9 Å². The molecular weight excluding hydrogens is 253 g/mol. The van der Waals surface area contributed by atoms with Gasteiger partial charge in [0.05, 0.1) is 6.54 Å². The van der Waals surface area contributed by atoms with Gasteiger partial charge in [0.2, 0.25) is 0 Å². The number of benzene rings is 2. The van der Waals surface area contributed by atoms with E-state index < -0.39 is 0 Å². The third-order valence-corrected chi connectivity index (χ3v) is 3.58. The van der Waals surface area contributed by atoms with E-state index >= 15 is 0 Å². The van der Waals surface area contributed by atoms with Gasteiger partial charge in [-0.1, -0.05) is 12.1 Å². The van der Waals surface area contributed by atoms with Gasteiger partial charge in [-0.05, 0) is 35.9 Å². The second-order valence-corrected chi connectivity index (χ2v) is 5.15. The van der Waals surface area contributed by atoms with Crippen LogP contribution in [0.25, 0.3) is 0 Å². The molecule has 2 aromatic carbocycles. The molecule has 0 bridgehead atoms. The van der Waals surface area contributed by atoms with Crippen LogP contribution in [0.2, 0.25) is 0 Å². The number of hydrogen-bond acceptors (Lipinski definition) is 2. The van der Waals surface area contributed by atoms with Crippen LogP contribution in [0, 0.1) is 11.2 Å². The van der Waals surface area contributed by atoms with E-state index in [2.05, 4.69) is 0 Å². The van der Waals surface area contributed by atoms with E-state index in [9.17, 15) is 4.39 Å². The molecule has 0 aliphatic carbocycles. The molecule has 0 unspecified atom stereocenters. The molecule has 20 heavy (non-hydrogen) atoms. The van der Waals surface area contributed by atoms with Crippen molar-refractivity contribution < 1.29 is 4.39 Å². The predicted molar refractivity (Wildman–Crippen MR) is 80.2 cm³/mol. The first-order valence-electron chi connectivity index (χ1n) is 6.48. The Morgan fingerprint density at radius 1 is 1.15 bits per heavy atom. The Bertz CT molecular complexity index is 679. The Morgan fingerprint density at radius 2 is 1.95 bits per heavy atom. The van der Waals surface area contributed by atoms with Crippen LogP contribution >= 0.6 is 0 Å². The molecule has 3 nitrogen and oxygen atoms in total. The summed E-state index contributed by atoms with van der Waals surface area (Å²) in [5, 5.41) is 8.25. The monoisotopic (exact) mass is 269 g/mol. The van der Waals surface area contributed by atoms with E-state index in [0.29, 0.717) is 17.9 Å². The summed E-state index contributed by atoms with van der Waals surface area (Å²) >= 11 is 0. The summed E-state index contributed by atoms with van der Waals surface area (Å²) < 4.78 is 13.3. The highest BCUT2D eigenvalue weighted by Gasteiger charge is 2.25. The average Bonchev–Trinajstić information content (AvgIpc) is 2.76. The van der Waals surface area contributed by atoms with Crippen molar-refractivity contribution in [3.63, 3.8) is 0 Å². The molecule has 0 radical (unpaired) electrons. The molecule has 1 aliphatic heterocycles. The van der Waals surface area contributed by atoms with Crippen LogP contribution in [0.5, 0.6) is 0 Å². The van der Waals surface area contributed by atoms with Gasteiger partial charge in [-0.25, -0.2) is 4.39 Å². The smallest absolute Gasteiger partial charge is 0.133 e. The molecule has 1 heterocycles. The first-order chi connectivity index (χ1) is 9.56. The Labute approximate surface area is 117 Å². The van der Waals surface area contributed by atoms with E-state index in [0.717, 1.165) is 16.9 Å². The molecular formula is C16H16FN3. The predicted octanol–water partition coefficient (Wildman–Crippen LogP) is 3.24. The minimum Gasteiger partial charge on any atom is -0.378 e. The number of hydrogen-bond donors (Lipinski definition) is 1. The van der Waals surface area contributed by atoms with Crippen molar-refractivity contribution in [1.82, 2.24) is 0 Å². The number of halogens is 1. The fourth-order valence-corrected chi connectivity index (χ4v) is 2.46. The SMILES string of the molecule is CN(C)c1cccc(N2Cc3ccc(F)cc3C2=N)c1. The van der Waals surface area contributed by atoms with Crippen LogP contribution in [0.3, 0.4) is 0 Å². The molecule has 0 spiro atoms. The van der Waals surface area contributed by atoms with Gasteiger partial charge in [0, 0.05) is 31.0 Å². The zero-order valence-electron chi connectivity index (χ0n) is 11.5. The van der Waals surface area contributed by atoms with Gasteiger partial charge in [0.15, 0.2) is 0 Å². The molecule has 102 valence electrons. The number of fused-ring (bicyclic) bond motifs is 1. The summed E-state index contributed by atoms with van der Waals surface area (Å²) in [5.41, 5.74) is 3.71. The van der Waals surface area contributed by atoms with E-state index in [1.807, 2.05) is 48.2 Å². The number of nitrogens with one attached hydrogen (secondary N) is 1. The molecule has 0 aromatic heterocycles. The Hall–Kier alpha value is -2.36. The summed E-state index contributed by atoms with van der Waals surface area (Å²) in [6.45, 7) is 0.616. The quantitative estimate of drug-likeness (QED) is 0.907. The summed E-state index contributed by atoms with van der Waals surface area (Å²) in [7, 11) is 3.97. The number of anilines is 2. The minimum atomic E-state index is -0.294. The van der Waals surface area contributed by atoms with Crippen molar-refractivity contribution in [2.45, 2.75) is 6.54 Å². The molecule has 0 fully saturated rings. The van der Waals surface area contributed by atoms with Gasteiger partial charge in [0.1, 0.15) is 11.7 Å².